The molecule has 1 aromatic carbocycles. The van der Waals surface area contributed by atoms with Crippen molar-refractivity contribution in [2.75, 3.05) is 13.7 Å². The molecule has 2 aliphatic rings. The van der Waals surface area contributed by atoms with Crippen LogP contribution in [0.15, 0.2) is 12.1 Å². The number of hydrogen-bond donors (Lipinski definition) is 0. The average molecular weight is 246 g/mol. The minimum Gasteiger partial charge on any atom is -0.493 e. The molecule has 3 rings (SSSR count). The van der Waals surface area contributed by atoms with E-state index in [-0.39, 0.29) is 0 Å². The standard InChI is InChI=1S/C15H18O3/c1-17-15-13-6-5-12(16)8-11(13)4-7-14(15)18-9-10-2-3-10/h4,7,10H,2-3,5-6,8-9H2,1H3. The minimum atomic E-state index is 0.316. The van der Waals surface area contributed by atoms with E-state index in [1.807, 2.05) is 12.1 Å². The number of ether oxygens (including phenoxy) is 2. The van der Waals surface area contributed by atoms with E-state index in [0.717, 1.165) is 41.6 Å². The van der Waals surface area contributed by atoms with Crippen molar-refractivity contribution >= 4 is 5.78 Å². The second-order valence-electron chi connectivity index (χ2n) is 5.20. The van der Waals surface area contributed by atoms with Crippen LogP contribution in [-0.4, -0.2) is 19.5 Å². The fourth-order valence-corrected chi connectivity index (χ4v) is 2.48. The Hall–Kier alpha value is -1.51. The third kappa shape index (κ3) is 2.22. The van der Waals surface area contributed by atoms with E-state index < -0.39 is 0 Å². The van der Waals surface area contributed by atoms with Gasteiger partial charge in [-0.05, 0) is 36.8 Å². The lowest BCUT2D eigenvalue weighted by molar-refractivity contribution is -0.118. The summed E-state index contributed by atoms with van der Waals surface area (Å²) in [5.41, 5.74) is 2.26. The van der Waals surface area contributed by atoms with Crippen LogP contribution in [0, 0.1) is 5.92 Å². The summed E-state index contributed by atoms with van der Waals surface area (Å²) in [6.45, 7) is 0.786. The minimum absolute atomic E-state index is 0.316. The van der Waals surface area contributed by atoms with Crippen molar-refractivity contribution in [3.63, 3.8) is 0 Å². The van der Waals surface area contributed by atoms with Crippen LogP contribution in [0.5, 0.6) is 11.5 Å². The summed E-state index contributed by atoms with van der Waals surface area (Å²) in [4.78, 5) is 11.5. The monoisotopic (exact) mass is 246 g/mol. The Labute approximate surface area is 107 Å². The van der Waals surface area contributed by atoms with Gasteiger partial charge in [0.15, 0.2) is 11.5 Å². The highest BCUT2D eigenvalue weighted by Gasteiger charge is 2.25. The topological polar surface area (TPSA) is 35.5 Å². The fraction of sp³-hybridized carbons (Fsp3) is 0.533. The molecule has 0 bridgehead atoms. The van der Waals surface area contributed by atoms with Crippen molar-refractivity contribution < 1.29 is 14.3 Å². The van der Waals surface area contributed by atoms with Gasteiger partial charge in [0.2, 0.25) is 0 Å². The van der Waals surface area contributed by atoms with E-state index >= 15 is 0 Å². The average Bonchev–Trinajstić information content (AvgIpc) is 3.19. The van der Waals surface area contributed by atoms with Gasteiger partial charge in [-0.2, -0.15) is 0 Å². The second-order valence-corrected chi connectivity index (χ2v) is 5.20. The maximum atomic E-state index is 11.5. The van der Waals surface area contributed by atoms with E-state index in [0.29, 0.717) is 18.6 Å². The molecule has 0 amide bonds. The lowest BCUT2D eigenvalue weighted by Gasteiger charge is -2.20. The molecular weight excluding hydrogens is 228 g/mol. The molecule has 3 heteroatoms. The van der Waals surface area contributed by atoms with Gasteiger partial charge in [0.25, 0.3) is 0 Å². The van der Waals surface area contributed by atoms with Gasteiger partial charge in [0.1, 0.15) is 5.78 Å². The Morgan fingerprint density at radius 2 is 2.11 bits per heavy atom. The first kappa shape index (κ1) is 11.6. The molecule has 96 valence electrons. The predicted molar refractivity (Wildman–Crippen MR) is 68.2 cm³/mol. The first-order chi connectivity index (χ1) is 8.78. The van der Waals surface area contributed by atoms with Gasteiger partial charge in [-0.25, -0.2) is 0 Å². The maximum absolute atomic E-state index is 11.5. The van der Waals surface area contributed by atoms with Gasteiger partial charge < -0.3 is 9.47 Å². The summed E-state index contributed by atoms with van der Waals surface area (Å²) in [5.74, 6) is 2.71. The van der Waals surface area contributed by atoms with Gasteiger partial charge in [-0.1, -0.05) is 6.07 Å². The van der Waals surface area contributed by atoms with Crippen LogP contribution in [0.4, 0.5) is 0 Å². The molecule has 0 atom stereocenters. The largest absolute Gasteiger partial charge is 0.493 e. The molecule has 0 heterocycles. The number of fused-ring (bicyclic) bond motifs is 1. The highest BCUT2D eigenvalue weighted by atomic mass is 16.5. The number of methoxy groups -OCH3 is 1. The van der Waals surface area contributed by atoms with Crippen molar-refractivity contribution in [1.29, 1.82) is 0 Å². The van der Waals surface area contributed by atoms with Gasteiger partial charge in [-0.3, -0.25) is 4.79 Å². The quantitative estimate of drug-likeness (QED) is 0.819. The van der Waals surface area contributed by atoms with E-state index in [2.05, 4.69) is 0 Å². The molecule has 0 unspecified atom stereocenters. The van der Waals surface area contributed by atoms with E-state index in [9.17, 15) is 4.79 Å². The SMILES string of the molecule is COc1c(OCC2CC2)ccc2c1CCC(=O)C2. The number of carbonyl (C=O) groups is 1. The Balaban J connectivity index is 1.87. The van der Waals surface area contributed by atoms with Crippen LogP contribution < -0.4 is 9.47 Å². The van der Waals surface area contributed by atoms with Crippen LogP contribution in [-0.2, 0) is 17.6 Å². The highest BCUT2D eigenvalue weighted by Crippen LogP contribution is 2.38. The first-order valence-corrected chi connectivity index (χ1v) is 6.61. The van der Waals surface area contributed by atoms with Crippen molar-refractivity contribution in [1.82, 2.24) is 0 Å². The molecule has 0 radical (unpaired) electrons. The van der Waals surface area contributed by atoms with Crippen LogP contribution in [0.3, 0.4) is 0 Å². The number of ketones is 1. The predicted octanol–water partition coefficient (Wildman–Crippen LogP) is 2.54. The fourth-order valence-electron chi connectivity index (χ4n) is 2.48. The maximum Gasteiger partial charge on any atom is 0.164 e. The molecule has 0 N–H and O–H groups in total. The van der Waals surface area contributed by atoms with E-state index in [1.165, 1.54) is 12.8 Å². The highest BCUT2D eigenvalue weighted by molar-refractivity contribution is 5.84. The number of carbonyl (C=O) groups excluding carboxylic acids is 1. The molecule has 3 nitrogen and oxygen atoms in total. The zero-order chi connectivity index (χ0) is 12.5. The molecule has 0 aliphatic heterocycles. The van der Waals surface area contributed by atoms with E-state index in [4.69, 9.17) is 9.47 Å². The molecular formula is C15H18O3. The summed E-state index contributed by atoms with van der Waals surface area (Å²) in [6, 6.07) is 3.95. The molecule has 1 fully saturated rings. The third-order valence-corrected chi connectivity index (χ3v) is 3.74. The summed E-state index contributed by atoms with van der Waals surface area (Å²) in [6.07, 6.45) is 4.49. The Morgan fingerprint density at radius 3 is 2.83 bits per heavy atom. The molecule has 2 aliphatic carbocycles. The molecule has 0 spiro atoms. The van der Waals surface area contributed by atoms with Crippen LogP contribution in [0.2, 0.25) is 0 Å². The van der Waals surface area contributed by atoms with E-state index in [1.54, 1.807) is 7.11 Å². The third-order valence-electron chi connectivity index (χ3n) is 3.74. The van der Waals surface area contributed by atoms with Gasteiger partial charge in [0.05, 0.1) is 13.7 Å². The lowest BCUT2D eigenvalue weighted by Crippen LogP contribution is -2.15. The normalized spacial score (nSPS) is 18.4. The lowest BCUT2D eigenvalue weighted by atomic mass is 9.90. The molecule has 1 saturated carbocycles. The van der Waals surface area contributed by atoms with Crippen LogP contribution >= 0.6 is 0 Å². The number of benzene rings is 1. The zero-order valence-electron chi connectivity index (χ0n) is 10.7. The molecule has 0 aromatic heterocycles. The van der Waals surface area contributed by atoms with Crippen molar-refractivity contribution in [2.24, 2.45) is 5.92 Å². The second kappa shape index (κ2) is 4.63. The summed E-state index contributed by atoms with van der Waals surface area (Å²) in [7, 11) is 1.68. The summed E-state index contributed by atoms with van der Waals surface area (Å²) in [5, 5.41) is 0. The van der Waals surface area contributed by atoms with Crippen molar-refractivity contribution in [2.45, 2.75) is 32.1 Å². The molecule has 1 aromatic rings. The van der Waals surface area contributed by atoms with Crippen LogP contribution in [0.25, 0.3) is 0 Å². The van der Waals surface area contributed by atoms with Gasteiger partial charge in [0, 0.05) is 18.4 Å². The Bertz CT molecular complexity index is 475. The number of Topliss-reactive ketones (excluding diaryl/α,β-unsaturated/α-hetero) is 1. The zero-order valence-corrected chi connectivity index (χ0v) is 10.7. The Kier molecular flexibility index (Phi) is 2.98. The molecule has 0 saturated heterocycles. The summed E-state index contributed by atoms with van der Waals surface area (Å²) >= 11 is 0. The molecule has 18 heavy (non-hydrogen) atoms. The first-order valence-electron chi connectivity index (χ1n) is 6.61. The van der Waals surface area contributed by atoms with Gasteiger partial charge >= 0.3 is 0 Å². The van der Waals surface area contributed by atoms with Crippen molar-refractivity contribution in [3.05, 3.63) is 23.3 Å². The Morgan fingerprint density at radius 1 is 1.28 bits per heavy atom. The number of rotatable bonds is 4. The number of hydrogen-bond acceptors (Lipinski definition) is 3. The smallest absolute Gasteiger partial charge is 0.164 e. The van der Waals surface area contributed by atoms with Crippen molar-refractivity contribution in [3.8, 4) is 11.5 Å². The van der Waals surface area contributed by atoms with Gasteiger partial charge in [-0.15, -0.1) is 0 Å². The van der Waals surface area contributed by atoms with Crippen LogP contribution in [0.1, 0.15) is 30.4 Å². The summed E-state index contributed by atoms with van der Waals surface area (Å²) < 4.78 is 11.3.